The number of hydrogen-bond acceptors (Lipinski definition) is 3. The Hall–Kier alpha value is -1.61. The van der Waals surface area contributed by atoms with Gasteiger partial charge in [-0.3, -0.25) is 4.98 Å². The van der Waals surface area contributed by atoms with E-state index in [0.717, 1.165) is 29.5 Å². The van der Waals surface area contributed by atoms with Crippen molar-refractivity contribution in [2.24, 2.45) is 0 Å². The van der Waals surface area contributed by atoms with E-state index in [1.54, 1.807) is 0 Å². The van der Waals surface area contributed by atoms with Gasteiger partial charge in [-0.05, 0) is 63.9 Å². The number of aryl methyl sites for hydroxylation is 4. The average Bonchev–Trinajstić information content (AvgIpc) is 2.71. The van der Waals surface area contributed by atoms with Crippen LogP contribution in [0.1, 0.15) is 47.0 Å². The van der Waals surface area contributed by atoms with Gasteiger partial charge in [-0.15, -0.1) is 0 Å². The number of pyridine rings is 1. The molecule has 0 aliphatic heterocycles. The second-order valence-corrected chi connectivity index (χ2v) is 5.19. The van der Waals surface area contributed by atoms with Gasteiger partial charge in [0.1, 0.15) is 11.5 Å². The van der Waals surface area contributed by atoms with Gasteiger partial charge >= 0.3 is 0 Å². The predicted octanol–water partition coefficient (Wildman–Crippen LogP) is 3.76. The third-order valence-corrected chi connectivity index (χ3v) is 3.40. The summed E-state index contributed by atoms with van der Waals surface area (Å²) in [5.74, 6) is 1.92. The molecule has 0 radical (unpaired) electrons. The minimum Gasteiger partial charge on any atom is -0.465 e. The van der Waals surface area contributed by atoms with Gasteiger partial charge in [-0.1, -0.05) is 0 Å². The molecule has 0 aliphatic carbocycles. The van der Waals surface area contributed by atoms with E-state index in [4.69, 9.17) is 4.42 Å². The van der Waals surface area contributed by atoms with Crippen LogP contribution in [-0.4, -0.2) is 4.98 Å². The molecule has 102 valence electrons. The van der Waals surface area contributed by atoms with Gasteiger partial charge in [0.05, 0.1) is 6.54 Å². The fraction of sp³-hybridized carbons (Fsp3) is 0.438. The molecule has 2 aromatic heterocycles. The van der Waals surface area contributed by atoms with Crippen molar-refractivity contribution in [2.75, 3.05) is 0 Å². The van der Waals surface area contributed by atoms with Crippen molar-refractivity contribution in [1.29, 1.82) is 0 Å². The largest absolute Gasteiger partial charge is 0.465 e. The first-order valence-corrected chi connectivity index (χ1v) is 6.71. The van der Waals surface area contributed by atoms with Gasteiger partial charge in [0.25, 0.3) is 0 Å². The summed E-state index contributed by atoms with van der Waals surface area (Å²) in [4.78, 5) is 4.55. The third kappa shape index (κ3) is 3.24. The smallest absolute Gasteiger partial charge is 0.117 e. The fourth-order valence-electron chi connectivity index (χ4n) is 2.62. The highest BCUT2D eigenvalue weighted by Gasteiger charge is 2.13. The van der Waals surface area contributed by atoms with E-state index < -0.39 is 0 Å². The maximum Gasteiger partial charge on any atom is 0.117 e. The van der Waals surface area contributed by atoms with Gasteiger partial charge in [0.15, 0.2) is 0 Å². The molecule has 2 rings (SSSR count). The van der Waals surface area contributed by atoms with Gasteiger partial charge < -0.3 is 9.73 Å². The quantitative estimate of drug-likeness (QED) is 0.907. The van der Waals surface area contributed by atoms with Gasteiger partial charge in [-0.25, -0.2) is 0 Å². The molecule has 0 spiro atoms. The molecule has 0 aromatic carbocycles. The average molecular weight is 258 g/mol. The van der Waals surface area contributed by atoms with E-state index in [1.165, 1.54) is 11.1 Å². The lowest BCUT2D eigenvalue weighted by Gasteiger charge is -2.18. The molecule has 0 aliphatic rings. The van der Waals surface area contributed by atoms with Gasteiger partial charge in [0.2, 0.25) is 0 Å². The molecule has 1 unspecified atom stereocenters. The highest BCUT2D eigenvalue weighted by molar-refractivity contribution is 5.33. The third-order valence-electron chi connectivity index (χ3n) is 3.40. The molecule has 2 aromatic rings. The Balaban J connectivity index is 2.10. The molecule has 0 bridgehead atoms. The molecular weight excluding hydrogens is 236 g/mol. The van der Waals surface area contributed by atoms with E-state index in [9.17, 15) is 0 Å². The first kappa shape index (κ1) is 13.8. The number of furan rings is 1. The normalized spacial score (nSPS) is 12.7. The first-order valence-electron chi connectivity index (χ1n) is 6.71. The fourth-order valence-corrected chi connectivity index (χ4v) is 2.62. The summed E-state index contributed by atoms with van der Waals surface area (Å²) in [5.41, 5.74) is 4.76. The van der Waals surface area contributed by atoms with Gasteiger partial charge in [0, 0.05) is 17.4 Å². The van der Waals surface area contributed by atoms with Crippen LogP contribution in [0.4, 0.5) is 0 Å². The minimum absolute atomic E-state index is 0.263. The monoisotopic (exact) mass is 258 g/mol. The summed E-state index contributed by atoms with van der Waals surface area (Å²) >= 11 is 0. The topological polar surface area (TPSA) is 38.1 Å². The van der Waals surface area contributed by atoms with Crippen LogP contribution >= 0.6 is 0 Å². The number of hydrogen-bond donors (Lipinski definition) is 1. The maximum atomic E-state index is 5.57. The Morgan fingerprint density at radius 3 is 2.53 bits per heavy atom. The molecule has 0 fully saturated rings. The summed E-state index contributed by atoms with van der Waals surface area (Å²) < 4.78 is 5.57. The highest BCUT2D eigenvalue weighted by atomic mass is 16.3. The van der Waals surface area contributed by atoms with Crippen molar-refractivity contribution in [3.63, 3.8) is 0 Å². The molecular formula is C16H22N2O. The van der Waals surface area contributed by atoms with Crippen LogP contribution in [0.2, 0.25) is 0 Å². The van der Waals surface area contributed by atoms with E-state index in [0.29, 0.717) is 0 Å². The number of rotatable bonds is 4. The molecule has 3 nitrogen and oxygen atoms in total. The zero-order valence-electron chi connectivity index (χ0n) is 12.4. The standard InChI is InChI=1S/C16H22N2O/c1-10-8-11(2)18-14(5)16(10)13(4)17-9-15-7-6-12(3)19-15/h6-8,13,17H,9H2,1-5H3. The van der Waals surface area contributed by atoms with Crippen molar-refractivity contribution in [3.8, 4) is 0 Å². The van der Waals surface area contributed by atoms with Gasteiger partial charge in [-0.2, -0.15) is 0 Å². The Labute approximate surface area is 115 Å². The first-order chi connectivity index (χ1) is 8.97. The highest BCUT2D eigenvalue weighted by Crippen LogP contribution is 2.21. The van der Waals surface area contributed by atoms with Crippen LogP contribution in [0, 0.1) is 27.7 Å². The summed E-state index contributed by atoms with van der Waals surface area (Å²) in [7, 11) is 0. The molecule has 2 heterocycles. The second-order valence-electron chi connectivity index (χ2n) is 5.19. The minimum atomic E-state index is 0.263. The molecule has 1 N–H and O–H groups in total. The van der Waals surface area contributed by atoms with Crippen molar-refractivity contribution in [1.82, 2.24) is 10.3 Å². The Morgan fingerprint density at radius 2 is 1.95 bits per heavy atom. The van der Waals surface area contributed by atoms with E-state index in [2.05, 4.69) is 37.1 Å². The van der Waals surface area contributed by atoms with Crippen molar-refractivity contribution < 1.29 is 4.42 Å². The molecule has 19 heavy (non-hydrogen) atoms. The maximum absolute atomic E-state index is 5.57. The molecule has 0 saturated carbocycles. The predicted molar refractivity (Wildman–Crippen MR) is 77.1 cm³/mol. The van der Waals surface area contributed by atoms with Crippen molar-refractivity contribution >= 4 is 0 Å². The summed E-state index contributed by atoms with van der Waals surface area (Å²) in [6.07, 6.45) is 0. The van der Waals surface area contributed by atoms with Crippen LogP contribution in [0.25, 0.3) is 0 Å². The van der Waals surface area contributed by atoms with Crippen molar-refractivity contribution in [3.05, 3.63) is 52.2 Å². The zero-order chi connectivity index (χ0) is 14.0. The second kappa shape index (κ2) is 5.57. The molecule has 3 heteroatoms. The summed E-state index contributed by atoms with van der Waals surface area (Å²) in [5, 5.41) is 3.50. The van der Waals surface area contributed by atoms with Crippen LogP contribution < -0.4 is 5.32 Å². The molecule has 0 saturated heterocycles. The Morgan fingerprint density at radius 1 is 1.21 bits per heavy atom. The lowest BCUT2D eigenvalue weighted by Crippen LogP contribution is -2.20. The molecule has 1 atom stereocenters. The van der Waals surface area contributed by atoms with Crippen molar-refractivity contribution in [2.45, 2.75) is 47.2 Å². The number of nitrogens with one attached hydrogen (secondary N) is 1. The van der Waals surface area contributed by atoms with E-state index in [-0.39, 0.29) is 6.04 Å². The Kier molecular flexibility index (Phi) is 4.05. The number of aromatic nitrogens is 1. The molecule has 0 amide bonds. The van der Waals surface area contributed by atoms with Crippen LogP contribution in [0.5, 0.6) is 0 Å². The van der Waals surface area contributed by atoms with Crippen LogP contribution in [-0.2, 0) is 6.54 Å². The van der Waals surface area contributed by atoms with Crippen LogP contribution in [0.3, 0.4) is 0 Å². The SMILES string of the molecule is Cc1cc(C)c(C(C)NCc2ccc(C)o2)c(C)n1. The number of nitrogens with zero attached hydrogens (tertiary/aromatic N) is 1. The summed E-state index contributed by atoms with van der Waals surface area (Å²) in [6.45, 7) is 11.1. The lowest BCUT2D eigenvalue weighted by atomic mass is 10.0. The van der Waals surface area contributed by atoms with E-state index in [1.807, 2.05) is 26.0 Å². The van der Waals surface area contributed by atoms with Crippen LogP contribution in [0.15, 0.2) is 22.6 Å². The zero-order valence-corrected chi connectivity index (χ0v) is 12.4. The lowest BCUT2D eigenvalue weighted by molar-refractivity contribution is 0.443. The van der Waals surface area contributed by atoms with E-state index >= 15 is 0 Å². The Bertz CT molecular complexity index is 549. The summed E-state index contributed by atoms with van der Waals surface area (Å²) in [6, 6.07) is 6.41.